The number of hydrazine groups is 1. The van der Waals surface area contributed by atoms with Crippen LogP contribution in [0, 0.1) is 0 Å². The smallest absolute Gasteiger partial charge is 0.142 e. The molecule has 4 nitrogen and oxygen atoms in total. The van der Waals surface area contributed by atoms with Crippen LogP contribution >= 0.6 is 11.3 Å². The molecule has 1 atom stereocenters. The minimum Gasteiger partial charge on any atom is -0.495 e. The molecule has 0 saturated heterocycles. The molecule has 3 rings (SSSR count). The number of nitrogens with two attached hydrogens (primary N) is 1. The number of ether oxygens (including phenoxy) is 1. The van der Waals surface area contributed by atoms with Crippen molar-refractivity contribution in [2.24, 2.45) is 5.84 Å². The largest absolute Gasteiger partial charge is 0.495 e. The number of pyridine rings is 1. The second-order valence-electron chi connectivity index (χ2n) is 4.38. The third kappa shape index (κ3) is 2.16. The van der Waals surface area contributed by atoms with Crippen molar-refractivity contribution in [3.8, 4) is 5.75 Å². The monoisotopic (exact) mass is 285 g/mol. The third-order valence-corrected chi connectivity index (χ3v) is 4.26. The number of rotatable bonds is 4. The molecule has 2 heterocycles. The van der Waals surface area contributed by atoms with Gasteiger partial charge in [-0.3, -0.25) is 10.8 Å². The van der Waals surface area contributed by atoms with Crippen molar-refractivity contribution >= 4 is 21.4 Å². The van der Waals surface area contributed by atoms with Crippen LogP contribution < -0.4 is 16.0 Å². The van der Waals surface area contributed by atoms with Gasteiger partial charge in [-0.25, -0.2) is 5.43 Å². The van der Waals surface area contributed by atoms with Gasteiger partial charge in [0.25, 0.3) is 0 Å². The molecule has 0 aliphatic heterocycles. The van der Waals surface area contributed by atoms with E-state index in [1.54, 1.807) is 24.6 Å². The van der Waals surface area contributed by atoms with E-state index in [-0.39, 0.29) is 6.04 Å². The Morgan fingerprint density at radius 1 is 1.25 bits per heavy atom. The minimum atomic E-state index is -0.192. The van der Waals surface area contributed by atoms with E-state index in [2.05, 4.69) is 27.9 Å². The van der Waals surface area contributed by atoms with Crippen molar-refractivity contribution in [3.63, 3.8) is 0 Å². The van der Waals surface area contributed by atoms with E-state index in [0.29, 0.717) is 0 Å². The highest BCUT2D eigenvalue weighted by Crippen LogP contribution is 2.35. The third-order valence-electron chi connectivity index (χ3n) is 3.28. The van der Waals surface area contributed by atoms with Crippen molar-refractivity contribution in [2.45, 2.75) is 6.04 Å². The highest BCUT2D eigenvalue weighted by Gasteiger charge is 2.21. The fourth-order valence-corrected chi connectivity index (χ4v) is 3.32. The van der Waals surface area contributed by atoms with Gasteiger partial charge in [-0.1, -0.05) is 18.2 Å². The average Bonchev–Trinajstić information content (AvgIpc) is 2.93. The van der Waals surface area contributed by atoms with Crippen LogP contribution in [-0.2, 0) is 0 Å². The lowest BCUT2D eigenvalue weighted by atomic mass is 10.0. The molecule has 0 amide bonds. The molecular formula is C15H15N3OS. The molecule has 0 fully saturated rings. The van der Waals surface area contributed by atoms with Crippen LogP contribution in [0.5, 0.6) is 5.75 Å². The van der Waals surface area contributed by atoms with Crippen LogP contribution in [0.2, 0.25) is 0 Å². The first-order valence-electron chi connectivity index (χ1n) is 6.26. The van der Waals surface area contributed by atoms with Crippen molar-refractivity contribution in [1.82, 2.24) is 10.4 Å². The average molecular weight is 285 g/mol. The van der Waals surface area contributed by atoms with E-state index in [1.807, 2.05) is 24.3 Å². The van der Waals surface area contributed by atoms with E-state index >= 15 is 0 Å². The summed E-state index contributed by atoms with van der Waals surface area (Å²) in [6.45, 7) is 0. The van der Waals surface area contributed by atoms with Gasteiger partial charge in [0, 0.05) is 10.9 Å². The van der Waals surface area contributed by atoms with Gasteiger partial charge in [0.1, 0.15) is 11.4 Å². The number of methoxy groups -OCH3 is 1. The Morgan fingerprint density at radius 2 is 2.10 bits per heavy atom. The van der Waals surface area contributed by atoms with Crippen molar-refractivity contribution in [1.29, 1.82) is 0 Å². The minimum absolute atomic E-state index is 0.192. The SMILES string of the molecule is COc1cccnc1C(NN)c1csc2ccccc12. The number of hydrogen-bond acceptors (Lipinski definition) is 5. The Bertz CT molecular complexity index is 726. The van der Waals surface area contributed by atoms with Gasteiger partial charge in [-0.2, -0.15) is 0 Å². The maximum absolute atomic E-state index is 5.77. The fraction of sp³-hybridized carbons (Fsp3) is 0.133. The number of fused-ring (bicyclic) bond motifs is 1. The van der Waals surface area contributed by atoms with E-state index in [4.69, 9.17) is 10.6 Å². The number of aromatic nitrogens is 1. The van der Waals surface area contributed by atoms with Crippen molar-refractivity contribution < 1.29 is 4.74 Å². The lowest BCUT2D eigenvalue weighted by Crippen LogP contribution is -2.29. The Kier molecular flexibility index (Phi) is 3.64. The second kappa shape index (κ2) is 5.58. The van der Waals surface area contributed by atoms with Gasteiger partial charge >= 0.3 is 0 Å². The molecule has 1 unspecified atom stereocenters. The van der Waals surface area contributed by atoms with E-state index in [1.165, 1.54) is 10.1 Å². The lowest BCUT2D eigenvalue weighted by molar-refractivity contribution is 0.400. The van der Waals surface area contributed by atoms with Crippen LogP contribution in [0.1, 0.15) is 17.3 Å². The summed E-state index contributed by atoms with van der Waals surface area (Å²) < 4.78 is 6.62. The zero-order chi connectivity index (χ0) is 13.9. The molecule has 0 radical (unpaired) electrons. The number of benzene rings is 1. The van der Waals surface area contributed by atoms with Crippen LogP contribution in [0.25, 0.3) is 10.1 Å². The van der Waals surface area contributed by atoms with Crippen LogP contribution in [0.4, 0.5) is 0 Å². The lowest BCUT2D eigenvalue weighted by Gasteiger charge is -2.17. The number of nitrogens with one attached hydrogen (secondary N) is 1. The van der Waals surface area contributed by atoms with E-state index in [9.17, 15) is 0 Å². The zero-order valence-electron chi connectivity index (χ0n) is 11.0. The van der Waals surface area contributed by atoms with Crippen LogP contribution in [-0.4, -0.2) is 12.1 Å². The molecule has 0 aliphatic rings. The fourth-order valence-electron chi connectivity index (χ4n) is 2.33. The summed E-state index contributed by atoms with van der Waals surface area (Å²) >= 11 is 1.70. The highest BCUT2D eigenvalue weighted by atomic mass is 32.1. The predicted octanol–water partition coefficient (Wildman–Crippen LogP) is 2.86. The molecule has 0 spiro atoms. The summed E-state index contributed by atoms with van der Waals surface area (Å²) in [5.41, 5.74) is 4.76. The Morgan fingerprint density at radius 3 is 2.90 bits per heavy atom. The summed E-state index contributed by atoms with van der Waals surface area (Å²) in [4.78, 5) is 4.42. The molecule has 3 N–H and O–H groups in total. The summed E-state index contributed by atoms with van der Waals surface area (Å²) in [6.07, 6.45) is 1.75. The molecule has 5 heteroatoms. The molecule has 1 aromatic carbocycles. The Balaban J connectivity index is 2.14. The molecule has 0 saturated carbocycles. The predicted molar refractivity (Wildman–Crippen MR) is 81.8 cm³/mol. The molecule has 0 aliphatic carbocycles. The van der Waals surface area contributed by atoms with Gasteiger partial charge in [-0.05, 0) is 34.5 Å². The zero-order valence-corrected chi connectivity index (χ0v) is 11.9. The van der Waals surface area contributed by atoms with Crippen LogP contribution in [0.15, 0.2) is 48.0 Å². The van der Waals surface area contributed by atoms with Crippen molar-refractivity contribution in [3.05, 3.63) is 59.2 Å². The topological polar surface area (TPSA) is 60.2 Å². The standard InChI is InChI=1S/C15H15N3OS/c1-19-12-6-4-8-17-15(12)14(18-16)11-9-20-13-7-3-2-5-10(11)13/h2-9,14,18H,16H2,1H3. The van der Waals surface area contributed by atoms with E-state index in [0.717, 1.165) is 17.0 Å². The number of hydrogen-bond donors (Lipinski definition) is 2. The molecular weight excluding hydrogens is 270 g/mol. The first kappa shape index (κ1) is 13.1. The van der Waals surface area contributed by atoms with Crippen LogP contribution in [0.3, 0.4) is 0 Å². The second-order valence-corrected chi connectivity index (χ2v) is 5.29. The highest BCUT2D eigenvalue weighted by molar-refractivity contribution is 7.17. The summed E-state index contributed by atoms with van der Waals surface area (Å²) in [7, 11) is 1.64. The number of thiophene rings is 1. The van der Waals surface area contributed by atoms with Crippen molar-refractivity contribution in [2.75, 3.05) is 7.11 Å². The molecule has 2 aromatic heterocycles. The summed E-state index contributed by atoms with van der Waals surface area (Å²) in [6, 6.07) is 11.8. The first-order chi connectivity index (χ1) is 9.85. The van der Waals surface area contributed by atoms with Gasteiger partial charge in [0.2, 0.25) is 0 Å². The van der Waals surface area contributed by atoms with Gasteiger partial charge in [0.15, 0.2) is 0 Å². The molecule has 3 aromatic rings. The normalized spacial score (nSPS) is 12.5. The van der Waals surface area contributed by atoms with E-state index < -0.39 is 0 Å². The summed E-state index contributed by atoms with van der Waals surface area (Å²) in [5, 5.41) is 3.30. The maximum atomic E-state index is 5.77. The Labute approximate surface area is 121 Å². The summed E-state index contributed by atoms with van der Waals surface area (Å²) in [5.74, 6) is 6.50. The molecule has 102 valence electrons. The van der Waals surface area contributed by atoms with Gasteiger partial charge in [-0.15, -0.1) is 11.3 Å². The maximum Gasteiger partial charge on any atom is 0.142 e. The van der Waals surface area contributed by atoms with Gasteiger partial charge < -0.3 is 4.74 Å². The molecule has 0 bridgehead atoms. The quantitative estimate of drug-likeness (QED) is 0.571. The first-order valence-corrected chi connectivity index (χ1v) is 7.14. The molecule has 20 heavy (non-hydrogen) atoms. The Hall–Kier alpha value is -1.95. The number of nitrogens with zero attached hydrogens (tertiary/aromatic N) is 1. The van der Waals surface area contributed by atoms with Gasteiger partial charge in [0.05, 0.1) is 13.2 Å².